The molecule has 8 nitrogen and oxygen atoms in total. The number of hydrogen-bond donors (Lipinski definition) is 2. The second-order valence-electron chi connectivity index (χ2n) is 7.69. The van der Waals surface area contributed by atoms with E-state index in [1.807, 2.05) is 12.1 Å². The molecule has 0 bridgehead atoms. The van der Waals surface area contributed by atoms with Crippen LogP contribution in [0.25, 0.3) is 10.9 Å². The number of ether oxygens (including phenoxy) is 2. The molecule has 3 heterocycles. The molecule has 0 aliphatic carbocycles. The number of H-pyrrole nitrogens is 1. The molecule has 33 heavy (non-hydrogen) atoms. The molecule has 2 aromatic carbocycles. The van der Waals surface area contributed by atoms with Gasteiger partial charge in [0.05, 0.1) is 7.11 Å². The van der Waals surface area contributed by atoms with Crippen LogP contribution in [-0.4, -0.2) is 46.6 Å². The van der Waals surface area contributed by atoms with E-state index in [4.69, 9.17) is 9.47 Å². The summed E-state index contributed by atoms with van der Waals surface area (Å²) in [6.07, 6.45) is 3.75. The molecular weight excluding hydrogens is 486 g/mol. The molecule has 1 aliphatic heterocycles. The highest BCUT2D eigenvalue weighted by molar-refractivity contribution is 9.10. The predicted octanol–water partition coefficient (Wildman–Crippen LogP) is 4.92. The largest absolute Gasteiger partial charge is 0.497 e. The van der Waals surface area contributed by atoms with Crippen LogP contribution < -0.4 is 14.8 Å². The van der Waals surface area contributed by atoms with Crippen molar-refractivity contribution in [1.29, 1.82) is 0 Å². The zero-order valence-corrected chi connectivity index (χ0v) is 19.7. The lowest BCUT2D eigenvalue weighted by Gasteiger charge is -2.35. The van der Waals surface area contributed by atoms with Gasteiger partial charge in [-0.3, -0.25) is 4.90 Å². The fourth-order valence-corrected chi connectivity index (χ4v) is 4.58. The predicted molar refractivity (Wildman–Crippen MR) is 129 cm³/mol. The van der Waals surface area contributed by atoms with Crippen LogP contribution >= 0.6 is 15.9 Å². The molecule has 0 fully saturated rings. The van der Waals surface area contributed by atoms with E-state index in [-0.39, 0.29) is 0 Å². The Hall–Kier alpha value is -3.59. The van der Waals surface area contributed by atoms with Gasteiger partial charge in [-0.25, -0.2) is 14.8 Å². The van der Waals surface area contributed by atoms with Crippen molar-refractivity contribution in [2.75, 3.05) is 26.0 Å². The maximum absolute atomic E-state index is 13.3. The minimum absolute atomic E-state index is 0.406. The monoisotopic (exact) mass is 507 g/mol. The number of methoxy groups -OCH3 is 1. The fraction of sp³-hybridized carbons (Fsp3) is 0.208. The van der Waals surface area contributed by atoms with Crippen LogP contribution in [0.2, 0.25) is 0 Å². The van der Waals surface area contributed by atoms with Crippen LogP contribution in [0.4, 0.5) is 10.7 Å². The molecule has 0 radical (unpaired) electrons. The summed E-state index contributed by atoms with van der Waals surface area (Å²) >= 11 is 3.57. The number of halogens is 1. The highest BCUT2D eigenvalue weighted by Gasteiger charge is 2.36. The summed E-state index contributed by atoms with van der Waals surface area (Å²) in [6, 6.07) is 12.7. The first-order chi connectivity index (χ1) is 16.1. The summed E-state index contributed by atoms with van der Waals surface area (Å²) in [5, 5.41) is 4.07. The van der Waals surface area contributed by atoms with Gasteiger partial charge in [0, 0.05) is 52.6 Å². The highest BCUT2D eigenvalue weighted by atomic mass is 79.9. The summed E-state index contributed by atoms with van der Waals surface area (Å²) in [6.45, 7) is 0.500. The van der Waals surface area contributed by atoms with E-state index in [0.717, 1.165) is 26.6 Å². The summed E-state index contributed by atoms with van der Waals surface area (Å²) in [5.41, 5.74) is 3.95. The van der Waals surface area contributed by atoms with Crippen molar-refractivity contribution < 1.29 is 14.3 Å². The zero-order valence-electron chi connectivity index (χ0n) is 18.1. The number of carbonyl (C=O) groups is 1. The van der Waals surface area contributed by atoms with Gasteiger partial charge in [0.2, 0.25) is 5.95 Å². The molecule has 1 aliphatic rings. The number of amides is 1. The van der Waals surface area contributed by atoms with E-state index in [1.54, 1.807) is 55.7 Å². The zero-order chi connectivity index (χ0) is 22.9. The highest BCUT2D eigenvalue weighted by Crippen LogP contribution is 2.39. The number of nitrogens with one attached hydrogen (secondary N) is 2. The van der Waals surface area contributed by atoms with E-state index in [2.05, 4.69) is 42.3 Å². The Morgan fingerprint density at radius 1 is 1.15 bits per heavy atom. The van der Waals surface area contributed by atoms with E-state index in [9.17, 15) is 4.79 Å². The molecule has 1 unspecified atom stereocenters. The van der Waals surface area contributed by atoms with Crippen molar-refractivity contribution >= 4 is 38.9 Å². The summed E-state index contributed by atoms with van der Waals surface area (Å²) < 4.78 is 11.9. The summed E-state index contributed by atoms with van der Waals surface area (Å²) in [5.74, 6) is 1.66. The van der Waals surface area contributed by atoms with Crippen molar-refractivity contribution in [2.45, 2.75) is 12.5 Å². The number of hydrogen-bond acceptors (Lipinski definition) is 6. The summed E-state index contributed by atoms with van der Waals surface area (Å²) in [4.78, 5) is 27.3. The van der Waals surface area contributed by atoms with Crippen molar-refractivity contribution in [3.05, 3.63) is 76.2 Å². The summed E-state index contributed by atoms with van der Waals surface area (Å²) in [7, 11) is 3.36. The fourth-order valence-electron chi connectivity index (χ4n) is 4.22. The molecule has 0 saturated carbocycles. The molecule has 0 saturated heterocycles. The van der Waals surface area contributed by atoms with Crippen LogP contribution in [0.1, 0.15) is 22.9 Å². The third kappa shape index (κ3) is 4.00. The van der Waals surface area contributed by atoms with Gasteiger partial charge in [-0.2, -0.15) is 0 Å². The second kappa shape index (κ2) is 8.74. The minimum atomic E-state index is -0.437. The van der Waals surface area contributed by atoms with Gasteiger partial charge in [0.1, 0.15) is 17.5 Å². The van der Waals surface area contributed by atoms with Gasteiger partial charge in [-0.1, -0.05) is 15.9 Å². The third-order valence-corrected chi connectivity index (χ3v) is 6.29. The lowest BCUT2D eigenvalue weighted by Crippen LogP contribution is -2.42. The van der Waals surface area contributed by atoms with E-state index in [0.29, 0.717) is 30.4 Å². The number of aromatic nitrogens is 3. The topological polar surface area (TPSA) is 92.4 Å². The molecule has 0 spiro atoms. The number of fused-ring (bicyclic) bond motifs is 3. The Labute approximate surface area is 199 Å². The molecule has 2 N–H and O–H groups in total. The van der Waals surface area contributed by atoms with E-state index >= 15 is 0 Å². The standard InChI is InChI=1S/C24H22BrN5O3/c1-26-23-27-12-14(13-28-23)22-21-18(19-11-15(25)3-8-20(19)29-21)9-10-30(22)24(31)33-17-6-4-16(32-2)5-7-17/h3-8,11-13,22,29H,9-10H2,1-2H3,(H,26,27,28). The maximum Gasteiger partial charge on any atom is 0.416 e. The number of rotatable bonds is 4. The number of anilines is 1. The Morgan fingerprint density at radius 3 is 2.58 bits per heavy atom. The number of aromatic amines is 1. The Bertz CT molecular complexity index is 1300. The molecule has 9 heteroatoms. The first kappa shape index (κ1) is 21.3. The molecular formula is C24H22BrN5O3. The number of benzene rings is 2. The van der Waals surface area contributed by atoms with Gasteiger partial charge in [-0.15, -0.1) is 0 Å². The first-order valence-electron chi connectivity index (χ1n) is 10.5. The van der Waals surface area contributed by atoms with Crippen molar-refractivity contribution in [2.24, 2.45) is 0 Å². The van der Waals surface area contributed by atoms with Crippen LogP contribution in [0.3, 0.4) is 0 Å². The Balaban J connectivity index is 1.54. The van der Waals surface area contributed by atoms with Crippen molar-refractivity contribution in [3.8, 4) is 11.5 Å². The SMILES string of the molecule is CNc1ncc(C2c3[nH]c4ccc(Br)cc4c3CCN2C(=O)Oc2ccc(OC)cc2)cn1. The van der Waals surface area contributed by atoms with Gasteiger partial charge in [0.25, 0.3) is 0 Å². The average Bonchev–Trinajstić information content (AvgIpc) is 3.21. The van der Waals surface area contributed by atoms with Crippen molar-refractivity contribution in [3.63, 3.8) is 0 Å². The van der Waals surface area contributed by atoms with Crippen molar-refractivity contribution in [1.82, 2.24) is 19.9 Å². The molecule has 168 valence electrons. The third-order valence-electron chi connectivity index (χ3n) is 5.80. The Morgan fingerprint density at radius 2 is 1.88 bits per heavy atom. The molecule has 4 aromatic rings. The van der Waals surface area contributed by atoms with Gasteiger partial charge < -0.3 is 19.8 Å². The van der Waals surface area contributed by atoms with E-state index in [1.165, 1.54) is 5.56 Å². The minimum Gasteiger partial charge on any atom is -0.497 e. The van der Waals surface area contributed by atoms with Gasteiger partial charge in [0.15, 0.2) is 0 Å². The van der Waals surface area contributed by atoms with Crippen LogP contribution in [0.15, 0.2) is 59.3 Å². The molecule has 2 aromatic heterocycles. The first-order valence-corrected chi connectivity index (χ1v) is 11.3. The maximum atomic E-state index is 13.3. The van der Waals surface area contributed by atoms with Crippen LogP contribution in [0, 0.1) is 0 Å². The lowest BCUT2D eigenvalue weighted by atomic mass is 9.94. The number of carbonyl (C=O) groups excluding carboxylic acids is 1. The smallest absolute Gasteiger partial charge is 0.416 e. The second-order valence-corrected chi connectivity index (χ2v) is 8.60. The average molecular weight is 508 g/mol. The van der Waals surface area contributed by atoms with Crippen LogP contribution in [0.5, 0.6) is 11.5 Å². The van der Waals surface area contributed by atoms with E-state index < -0.39 is 12.1 Å². The number of nitrogens with zero attached hydrogens (tertiary/aromatic N) is 3. The van der Waals surface area contributed by atoms with Gasteiger partial charge in [-0.05, 0) is 54.4 Å². The normalized spacial score (nSPS) is 15.2. The van der Waals surface area contributed by atoms with Crippen LogP contribution in [-0.2, 0) is 6.42 Å². The Kier molecular flexibility index (Phi) is 5.63. The van der Waals surface area contributed by atoms with Gasteiger partial charge >= 0.3 is 6.09 Å². The molecule has 1 atom stereocenters. The molecule has 5 rings (SSSR count). The lowest BCUT2D eigenvalue weighted by molar-refractivity contribution is 0.135. The molecule has 1 amide bonds. The quantitative estimate of drug-likeness (QED) is 0.407.